The highest BCUT2D eigenvalue weighted by molar-refractivity contribution is 7.11. The van der Waals surface area contributed by atoms with Crippen molar-refractivity contribution in [2.75, 3.05) is 13.1 Å². The number of hydrogen-bond acceptors (Lipinski definition) is 5. The second-order valence-electron chi connectivity index (χ2n) is 6.49. The molecule has 1 heterocycles. The molecule has 132 valence electrons. The average Bonchev–Trinajstić information content (AvgIpc) is 2.71. The minimum absolute atomic E-state index is 0.285. The number of alkyl carbamates (subject to hydrolysis) is 1. The van der Waals surface area contributed by atoms with E-state index in [0.29, 0.717) is 0 Å². The van der Waals surface area contributed by atoms with Crippen molar-refractivity contribution < 1.29 is 18.3 Å². The molecule has 0 fully saturated rings. The van der Waals surface area contributed by atoms with Crippen LogP contribution in [0.1, 0.15) is 49.3 Å². The molecule has 5 nitrogen and oxygen atoms in total. The van der Waals surface area contributed by atoms with Crippen LogP contribution >= 0.6 is 11.3 Å². The second-order valence-corrected chi connectivity index (χ2v) is 7.90. The van der Waals surface area contributed by atoms with Gasteiger partial charge in [-0.1, -0.05) is 0 Å². The predicted octanol–water partition coefficient (Wildman–Crippen LogP) is 3.57. The van der Waals surface area contributed by atoms with Crippen LogP contribution in [0.15, 0.2) is 0 Å². The standard InChI is InChI=1S/C15H25F2N3O2S/c1-9(12-10(2)23-11(3)20-12)18-7-15(16,17)8-19-13(21)22-14(4,5)6/h9,18H,7-8H2,1-6H3,(H,19,21). The molecule has 0 saturated heterocycles. The molecule has 0 aliphatic carbocycles. The van der Waals surface area contributed by atoms with Crippen LogP contribution in [-0.4, -0.2) is 35.7 Å². The van der Waals surface area contributed by atoms with Crippen molar-refractivity contribution in [3.05, 3.63) is 15.6 Å². The molecule has 23 heavy (non-hydrogen) atoms. The molecule has 0 bridgehead atoms. The molecule has 0 saturated carbocycles. The maximum atomic E-state index is 13.8. The molecule has 1 rings (SSSR count). The SMILES string of the molecule is Cc1nc(C(C)NCC(F)(F)CNC(=O)OC(C)(C)C)c(C)s1. The topological polar surface area (TPSA) is 63.2 Å². The van der Waals surface area contributed by atoms with E-state index in [1.165, 1.54) is 11.3 Å². The monoisotopic (exact) mass is 349 g/mol. The first-order valence-electron chi connectivity index (χ1n) is 7.41. The van der Waals surface area contributed by atoms with Crippen molar-refractivity contribution in [3.8, 4) is 0 Å². The van der Waals surface area contributed by atoms with Gasteiger partial charge in [0.15, 0.2) is 0 Å². The third kappa shape index (κ3) is 7.22. The van der Waals surface area contributed by atoms with Crippen molar-refractivity contribution >= 4 is 17.4 Å². The Balaban J connectivity index is 2.46. The molecule has 8 heteroatoms. The minimum Gasteiger partial charge on any atom is -0.444 e. The highest BCUT2D eigenvalue weighted by Crippen LogP contribution is 2.23. The summed E-state index contributed by atoms with van der Waals surface area (Å²) >= 11 is 1.54. The van der Waals surface area contributed by atoms with Gasteiger partial charge in [-0.2, -0.15) is 0 Å². The zero-order valence-electron chi connectivity index (χ0n) is 14.4. The first-order chi connectivity index (χ1) is 10.4. The lowest BCUT2D eigenvalue weighted by Crippen LogP contribution is -2.45. The molecule has 0 spiro atoms. The smallest absolute Gasteiger partial charge is 0.407 e. The molecular formula is C15H25F2N3O2S. The van der Waals surface area contributed by atoms with Gasteiger partial charge < -0.3 is 15.4 Å². The quantitative estimate of drug-likeness (QED) is 0.824. The number of carbonyl (C=O) groups excluding carboxylic acids is 1. The number of nitrogens with one attached hydrogen (secondary N) is 2. The number of ether oxygens (including phenoxy) is 1. The van der Waals surface area contributed by atoms with E-state index in [1.54, 1.807) is 27.7 Å². The summed E-state index contributed by atoms with van der Waals surface area (Å²) in [4.78, 5) is 16.8. The molecule has 2 N–H and O–H groups in total. The summed E-state index contributed by atoms with van der Waals surface area (Å²) in [5, 5.41) is 5.77. The molecule has 1 amide bonds. The normalized spacial score (nSPS) is 13.7. The van der Waals surface area contributed by atoms with E-state index < -0.39 is 30.7 Å². The molecule has 1 aromatic rings. The lowest BCUT2D eigenvalue weighted by Gasteiger charge is -2.23. The van der Waals surface area contributed by atoms with Gasteiger partial charge in [0.25, 0.3) is 5.92 Å². The Hall–Kier alpha value is -1.28. The van der Waals surface area contributed by atoms with Gasteiger partial charge in [-0.15, -0.1) is 11.3 Å². The van der Waals surface area contributed by atoms with E-state index in [-0.39, 0.29) is 6.04 Å². The third-order valence-corrected chi connectivity index (χ3v) is 3.81. The van der Waals surface area contributed by atoms with Gasteiger partial charge in [0, 0.05) is 10.9 Å². The Morgan fingerprint density at radius 2 is 1.91 bits per heavy atom. The third-order valence-electron chi connectivity index (χ3n) is 2.91. The zero-order valence-corrected chi connectivity index (χ0v) is 15.2. The van der Waals surface area contributed by atoms with Crippen LogP contribution in [-0.2, 0) is 4.74 Å². The van der Waals surface area contributed by atoms with E-state index in [9.17, 15) is 13.6 Å². The van der Waals surface area contributed by atoms with Crippen LogP contribution in [0.4, 0.5) is 13.6 Å². The molecule has 1 aromatic heterocycles. The zero-order chi connectivity index (χ0) is 17.8. The number of carbonyl (C=O) groups is 1. The Morgan fingerprint density at radius 1 is 1.30 bits per heavy atom. The summed E-state index contributed by atoms with van der Waals surface area (Å²) in [5.41, 5.74) is 0.0648. The summed E-state index contributed by atoms with van der Waals surface area (Å²) in [7, 11) is 0. The first-order valence-corrected chi connectivity index (χ1v) is 8.23. The molecular weight excluding hydrogens is 324 g/mol. The lowest BCUT2D eigenvalue weighted by molar-refractivity contribution is -0.00533. The fourth-order valence-corrected chi connectivity index (χ4v) is 2.84. The van der Waals surface area contributed by atoms with E-state index in [2.05, 4.69) is 15.6 Å². The minimum atomic E-state index is -3.08. The van der Waals surface area contributed by atoms with Crippen LogP contribution in [0.3, 0.4) is 0 Å². The molecule has 0 aromatic carbocycles. The van der Waals surface area contributed by atoms with Gasteiger partial charge >= 0.3 is 6.09 Å². The van der Waals surface area contributed by atoms with Crippen LogP contribution in [0.25, 0.3) is 0 Å². The number of hydrogen-bond donors (Lipinski definition) is 2. The van der Waals surface area contributed by atoms with Crippen LogP contribution in [0.2, 0.25) is 0 Å². The highest BCUT2D eigenvalue weighted by Gasteiger charge is 2.31. The van der Waals surface area contributed by atoms with Crippen molar-refractivity contribution in [3.63, 3.8) is 0 Å². The van der Waals surface area contributed by atoms with Gasteiger partial charge in [-0.3, -0.25) is 0 Å². The van der Waals surface area contributed by atoms with Crippen LogP contribution < -0.4 is 10.6 Å². The predicted molar refractivity (Wildman–Crippen MR) is 87.2 cm³/mol. The van der Waals surface area contributed by atoms with E-state index in [0.717, 1.165) is 15.6 Å². The summed E-state index contributed by atoms with van der Waals surface area (Å²) < 4.78 is 32.6. The summed E-state index contributed by atoms with van der Waals surface area (Å²) in [6.07, 6.45) is -0.851. The first kappa shape index (κ1) is 19.8. The van der Waals surface area contributed by atoms with Crippen LogP contribution in [0, 0.1) is 13.8 Å². The van der Waals surface area contributed by atoms with Gasteiger partial charge in [-0.05, 0) is 41.5 Å². The van der Waals surface area contributed by atoms with Crippen molar-refractivity contribution in [1.29, 1.82) is 0 Å². The molecule has 0 aliphatic heterocycles. The average molecular weight is 349 g/mol. The number of amides is 1. The largest absolute Gasteiger partial charge is 0.444 e. The number of thiazole rings is 1. The number of aromatic nitrogens is 1. The molecule has 0 radical (unpaired) electrons. The molecule has 1 unspecified atom stereocenters. The Labute approximate surface area is 139 Å². The summed E-state index contributed by atoms with van der Waals surface area (Å²) in [6.45, 7) is 9.27. The van der Waals surface area contributed by atoms with Gasteiger partial charge in [-0.25, -0.2) is 18.6 Å². The maximum Gasteiger partial charge on any atom is 0.407 e. The second kappa shape index (κ2) is 7.53. The van der Waals surface area contributed by atoms with E-state index in [1.807, 2.05) is 13.8 Å². The van der Waals surface area contributed by atoms with Crippen molar-refractivity contribution in [2.45, 2.75) is 59.1 Å². The van der Waals surface area contributed by atoms with Crippen molar-refractivity contribution in [2.24, 2.45) is 0 Å². The summed E-state index contributed by atoms with van der Waals surface area (Å²) in [5.74, 6) is -3.08. The Bertz CT molecular complexity index is 541. The summed E-state index contributed by atoms with van der Waals surface area (Å²) in [6, 6.07) is -0.285. The fraction of sp³-hybridized carbons (Fsp3) is 0.733. The molecule has 0 aliphatic rings. The number of halogens is 2. The van der Waals surface area contributed by atoms with E-state index >= 15 is 0 Å². The number of alkyl halides is 2. The number of aryl methyl sites for hydroxylation is 2. The fourth-order valence-electron chi connectivity index (χ4n) is 1.92. The van der Waals surface area contributed by atoms with Gasteiger partial charge in [0.1, 0.15) is 5.60 Å². The highest BCUT2D eigenvalue weighted by atomic mass is 32.1. The van der Waals surface area contributed by atoms with Gasteiger partial charge in [0.05, 0.1) is 23.8 Å². The van der Waals surface area contributed by atoms with Crippen LogP contribution in [0.5, 0.6) is 0 Å². The Morgan fingerprint density at radius 3 is 2.39 bits per heavy atom. The van der Waals surface area contributed by atoms with Gasteiger partial charge in [0.2, 0.25) is 0 Å². The van der Waals surface area contributed by atoms with E-state index in [4.69, 9.17) is 4.74 Å². The lowest BCUT2D eigenvalue weighted by atomic mass is 10.2. The molecule has 1 atom stereocenters. The number of nitrogens with zero attached hydrogens (tertiary/aromatic N) is 1. The number of rotatable bonds is 6. The van der Waals surface area contributed by atoms with Crippen molar-refractivity contribution in [1.82, 2.24) is 15.6 Å². The maximum absolute atomic E-state index is 13.8. The Kier molecular flexibility index (Phi) is 6.47.